The minimum atomic E-state index is -0.341. The predicted molar refractivity (Wildman–Crippen MR) is 72.7 cm³/mol. The van der Waals surface area contributed by atoms with Crippen LogP contribution < -0.4 is 10.6 Å². The van der Waals surface area contributed by atoms with Gasteiger partial charge < -0.3 is 15.7 Å². The molecule has 2 unspecified atom stereocenters. The van der Waals surface area contributed by atoms with Gasteiger partial charge in [-0.1, -0.05) is 30.3 Å². The van der Waals surface area contributed by atoms with E-state index < -0.39 is 0 Å². The summed E-state index contributed by atoms with van der Waals surface area (Å²) in [6.45, 7) is 1.96. The molecule has 0 bridgehead atoms. The highest BCUT2D eigenvalue weighted by molar-refractivity contribution is 5.91. The molecule has 2 aliphatic rings. The average molecular weight is 260 g/mol. The first-order valence-electron chi connectivity index (χ1n) is 6.95. The van der Waals surface area contributed by atoms with Crippen molar-refractivity contribution in [1.82, 2.24) is 10.6 Å². The average Bonchev–Trinajstić information content (AvgIpc) is 3.16. The number of nitrogens with one attached hydrogen (secondary N) is 2. The van der Waals surface area contributed by atoms with E-state index in [1.165, 1.54) is 0 Å². The van der Waals surface area contributed by atoms with Crippen LogP contribution >= 0.6 is 0 Å². The van der Waals surface area contributed by atoms with Crippen molar-refractivity contribution >= 4 is 5.91 Å². The summed E-state index contributed by atoms with van der Waals surface area (Å²) < 4.78 is 0. The number of carbonyl (C=O) groups is 1. The van der Waals surface area contributed by atoms with Gasteiger partial charge in [-0.25, -0.2) is 0 Å². The molecule has 0 aromatic heterocycles. The number of β-amino-alcohol motifs (C(OH)–C–C–N with tert-alkyl or cyclic N) is 1. The minimum Gasteiger partial charge on any atom is -0.391 e. The van der Waals surface area contributed by atoms with Crippen LogP contribution in [-0.2, 0) is 10.2 Å². The lowest BCUT2D eigenvalue weighted by Crippen LogP contribution is -2.40. The van der Waals surface area contributed by atoms with Gasteiger partial charge in [0.05, 0.1) is 11.5 Å². The van der Waals surface area contributed by atoms with Gasteiger partial charge >= 0.3 is 0 Å². The van der Waals surface area contributed by atoms with Crippen LogP contribution in [0.3, 0.4) is 0 Å². The van der Waals surface area contributed by atoms with E-state index in [1.807, 2.05) is 30.3 Å². The van der Waals surface area contributed by atoms with E-state index in [0.717, 1.165) is 24.9 Å². The van der Waals surface area contributed by atoms with Crippen molar-refractivity contribution in [3.05, 3.63) is 35.9 Å². The molecule has 3 N–H and O–H groups in total. The third kappa shape index (κ3) is 2.38. The van der Waals surface area contributed by atoms with Crippen molar-refractivity contribution in [2.75, 3.05) is 19.6 Å². The summed E-state index contributed by atoms with van der Waals surface area (Å²) in [6.07, 6.45) is 1.51. The van der Waals surface area contributed by atoms with Crippen molar-refractivity contribution < 1.29 is 9.90 Å². The quantitative estimate of drug-likeness (QED) is 0.735. The highest BCUT2D eigenvalue weighted by Gasteiger charge is 2.51. The Kier molecular flexibility index (Phi) is 3.29. The summed E-state index contributed by atoms with van der Waals surface area (Å²) in [4.78, 5) is 12.4. The number of rotatable bonds is 4. The van der Waals surface area contributed by atoms with E-state index in [2.05, 4.69) is 10.6 Å². The van der Waals surface area contributed by atoms with Gasteiger partial charge in [0.15, 0.2) is 0 Å². The highest BCUT2D eigenvalue weighted by atomic mass is 16.3. The molecular formula is C15H20N2O2. The van der Waals surface area contributed by atoms with Crippen molar-refractivity contribution in [2.24, 2.45) is 5.92 Å². The zero-order valence-electron chi connectivity index (χ0n) is 10.9. The van der Waals surface area contributed by atoms with Gasteiger partial charge in [-0.2, -0.15) is 0 Å². The van der Waals surface area contributed by atoms with Crippen LogP contribution in [-0.4, -0.2) is 36.8 Å². The second-order valence-electron chi connectivity index (χ2n) is 5.64. The van der Waals surface area contributed by atoms with E-state index in [9.17, 15) is 9.90 Å². The molecule has 1 saturated heterocycles. The first kappa shape index (κ1) is 12.6. The Balaban J connectivity index is 1.61. The van der Waals surface area contributed by atoms with Crippen LogP contribution in [0.1, 0.15) is 18.4 Å². The normalized spacial score (nSPS) is 28.1. The molecule has 1 heterocycles. The summed E-state index contributed by atoms with van der Waals surface area (Å²) in [5, 5.41) is 15.9. The SMILES string of the molecule is O=C(NCC1CNCC1O)C1(c2ccccc2)CC1. The predicted octanol–water partition coefficient (Wildman–Crippen LogP) is 0.415. The van der Waals surface area contributed by atoms with Crippen LogP contribution in [0, 0.1) is 5.92 Å². The van der Waals surface area contributed by atoms with E-state index in [1.54, 1.807) is 0 Å². The Morgan fingerprint density at radius 2 is 2.05 bits per heavy atom. The minimum absolute atomic E-state index is 0.109. The summed E-state index contributed by atoms with van der Waals surface area (Å²) in [5.74, 6) is 0.244. The number of aliphatic hydroxyl groups is 1. The summed E-state index contributed by atoms with van der Waals surface area (Å²) in [6, 6.07) is 9.98. The second kappa shape index (κ2) is 4.94. The van der Waals surface area contributed by atoms with Gasteiger partial charge in [-0.3, -0.25) is 4.79 Å². The molecule has 0 radical (unpaired) electrons. The van der Waals surface area contributed by atoms with Gasteiger partial charge in [0.1, 0.15) is 0 Å². The first-order valence-corrected chi connectivity index (χ1v) is 6.95. The Bertz CT molecular complexity index is 456. The number of carbonyl (C=O) groups excluding carboxylic acids is 1. The first-order chi connectivity index (χ1) is 9.22. The Labute approximate surface area is 113 Å². The maximum atomic E-state index is 12.4. The molecule has 1 saturated carbocycles. The number of hydrogen-bond acceptors (Lipinski definition) is 3. The lowest BCUT2D eigenvalue weighted by Gasteiger charge is -2.19. The molecule has 1 amide bonds. The molecule has 2 fully saturated rings. The van der Waals surface area contributed by atoms with Crippen LogP contribution in [0.5, 0.6) is 0 Å². The lowest BCUT2D eigenvalue weighted by molar-refractivity contribution is -0.123. The zero-order valence-corrected chi connectivity index (χ0v) is 10.9. The summed E-state index contributed by atoms with van der Waals surface area (Å²) in [7, 11) is 0. The molecule has 102 valence electrons. The third-order valence-electron chi connectivity index (χ3n) is 4.34. The maximum Gasteiger partial charge on any atom is 0.230 e. The van der Waals surface area contributed by atoms with E-state index in [-0.39, 0.29) is 23.3 Å². The molecule has 3 rings (SSSR count). The summed E-state index contributed by atoms with van der Waals surface area (Å²) >= 11 is 0. The molecule has 1 aliphatic carbocycles. The molecule has 1 aromatic carbocycles. The van der Waals surface area contributed by atoms with Crippen LogP contribution in [0.4, 0.5) is 0 Å². The molecule has 0 spiro atoms. The third-order valence-corrected chi connectivity index (χ3v) is 4.34. The Morgan fingerprint density at radius 3 is 2.63 bits per heavy atom. The topological polar surface area (TPSA) is 61.4 Å². The van der Waals surface area contributed by atoms with Crippen molar-refractivity contribution in [1.29, 1.82) is 0 Å². The lowest BCUT2D eigenvalue weighted by atomic mass is 9.94. The van der Waals surface area contributed by atoms with Crippen molar-refractivity contribution in [2.45, 2.75) is 24.4 Å². The van der Waals surface area contributed by atoms with Crippen LogP contribution in [0.2, 0.25) is 0 Å². The molecular weight excluding hydrogens is 240 g/mol. The van der Waals surface area contributed by atoms with Crippen LogP contribution in [0.15, 0.2) is 30.3 Å². The van der Waals surface area contributed by atoms with Gasteiger partial charge in [0.2, 0.25) is 5.91 Å². The second-order valence-corrected chi connectivity index (χ2v) is 5.64. The smallest absolute Gasteiger partial charge is 0.230 e. The number of aliphatic hydroxyl groups excluding tert-OH is 1. The molecule has 1 aromatic rings. The molecule has 4 nitrogen and oxygen atoms in total. The number of benzene rings is 1. The van der Waals surface area contributed by atoms with Gasteiger partial charge in [0.25, 0.3) is 0 Å². The molecule has 19 heavy (non-hydrogen) atoms. The largest absolute Gasteiger partial charge is 0.391 e. The standard InChI is InChI=1S/C15H20N2O2/c18-13-10-16-8-11(13)9-17-14(19)15(6-7-15)12-4-2-1-3-5-12/h1-5,11,13,16,18H,6-10H2,(H,17,19). The molecule has 1 aliphatic heterocycles. The Morgan fingerprint density at radius 1 is 1.32 bits per heavy atom. The fourth-order valence-electron chi connectivity index (χ4n) is 2.85. The zero-order chi connectivity index (χ0) is 13.3. The van der Waals surface area contributed by atoms with Gasteiger partial charge in [0, 0.05) is 25.6 Å². The fraction of sp³-hybridized carbons (Fsp3) is 0.533. The monoisotopic (exact) mass is 260 g/mol. The van der Waals surface area contributed by atoms with Crippen molar-refractivity contribution in [3.63, 3.8) is 0 Å². The van der Waals surface area contributed by atoms with E-state index in [4.69, 9.17) is 0 Å². The summed E-state index contributed by atoms with van der Waals surface area (Å²) in [5.41, 5.74) is 0.802. The van der Waals surface area contributed by atoms with Gasteiger partial charge in [-0.15, -0.1) is 0 Å². The van der Waals surface area contributed by atoms with Gasteiger partial charge in [-0.05, 0) is 18.4 Å². The maximum absolute atomic E-state index is 12.4. The van der Waals surface area contributed by atoms with Crippen LogP contribution in [0.25, 0.3) is 0 Å². The number of hydrogen-bond donors (Lipinski definition) is 3. The highest BCUT2D eigenvalue weighted by Crippen LogP contribution is 2.48. The fourth-order valence-corrected chi connectivity index (χ4v) is 2.85. The Hall–Kier alpha value is -1.39. The van der Waals surface area contributed by atoms with Crippen molar-refractivity contribution in [3.8, 4) is 0 Å². The number of amides is 1. The molecule has 4 heteroatoms. The van der Waals surface area contributed by atoms with E-state index in [0.29, 0.717) is 13.1 Å². The van der Waals surface area contributed by atoms with E-state index >= 15 is 0 Å². The molecule has 2 atom stereocenters.